The average Bonchev–Trinajstić information content (AvgIpc) is 2.37. The number of hydrogen-bond donors (Lipinski definition) is 1. The van der Waals surface area contributed by atoms with E-state index in [2.05, 4.69) is 36.0 Å². The minimum atomic E-state index is -0.637. The molecule has 2 rings (SSSR count). The van der Waals surface area contributed by atoms with Crippen molar-refractivity contribution in [2.24, 2.45) is 0 Å². The van der Waals surface area contributed by atoms with Crippen LogP contribution in [-0.4, -0.2) is 39.3 Å². The first-order valence-corrected chi connectivity index (χ1v) is 8.24. The predicted octanol–water partition coefficient (Wildman–Crippen LogP) is 1.54. The first kappa shape index (κ1) is 14.5. The minimum absolute atomic E-state index is 0.0969. The number of nitrogens with one attached hydrogen (secondary N) is 1. The van der Waals surface area contributed by atoms with Crippen molar-refractivity contribution in [1.82, 2.24) is 10.3 Å². The van der Waals surface area contributed by atoms with Gasteiger partial charge in [-0.05, 0) is 32.9 Å². The Morgan fingerprint density at radius 2 is 2.00 bits per heavy atom. The van der Waals surface area contributed by atoms with Crippen LogP contribution < -0.4 is 10.2 Å². The van der Waals surface area contributed by atoms with E-state index in [0.29, 0.717) is 0 Å². The summed E-state index contributed by atoms with van der Waals surface area (Å²) in [4.78, 5) is 6.91. The summed E-state index contributed by atoms with van der Waals surface area (Å²) in [5, 5.41) is 3.45. The molecule has 19 heavy (non-hydrogen) atoms. The van der Waals surface area contributed by atoms with Gasteiger partial charge in [0.2, 0.25) is 0 Å². The third-order valence-corrected chi connectivity index (χ3v) is 4.37. The van der Waals surface area contributed by atoms with E-state index >= 15 is 0 Å². The maximum atomic E-state index is 11.4. The lowest BCUT2D eigenvalue weighted by Gasteiger charge is -2.28. The molecule has 0 spiro atoms. The molecule has 1 aliphatic rings. The van der Waals surface area contributed by atoms with Crippen molar-refractivity contribution in [3.05, 3.63) is 23.9 Å². The van der Waals surface area contributed by atoms with E-state index < -0.39 is 10.8 Å². The van der Waals surface area contributed by atoms with E-state index in [4.69, 9.17) is 0 Å². The van der Waals surface area contributed by atoms with Crippen molar-refractivity contribution < 1.29 is 4.21 Å². The molecule has 0 aliphatic carbocycles. The van der Waals surface area contributed by atoms with E-state index in [1.807, 2.05) is 18.2 Å². The standard InChI is InChI=1S/C14H23N3OS/c1-14(2,3)15-11-12-5-4-6-13(16-12)17-7-9-19(18)10-8-17/h4-6,15H,7-11H2,1-3H3. The van der Waals surface area contributed by atoms with Gasteiger partial charge in [-0.3, -0.25) is 4.21 Å². The van der Waals surface area contributed by atoms with Crippen molar-refractivity contribution in [3.8, 4) is 0 Å². The molecule has 1 fully saturated rings. The lowest BCUT2D eigenvalue weighted by molar-refractivity contribution is 0.421. The van der Waals surface area contributed by atoms with Gasteiger partial charge in [0.25, 0.3) is 0 Å². The van der Waals surface area contributed by atoms with Crippen LogP contribution in [-0.2, 0) is 17.3 Å². The zero-order valence-corrected chi connectivity index (χ0v) is 12.8. The second-order valence-corrected chi connectivity index (χ2v) is 7.62. The molecular weight excluding hydrogens is 258 g/mol. The molecule has 1 saturated heterocycles. The van der Waals surface area contributed by atoms with Crippen LogP contribution in [0, 0.1) is 0 Å². The lowest BCUT2D eigenvalue weighted by Crippen LogP contribution is -2.38. The Hall–Kier alpha value is -0.940. The summed E-state index contributed by atoms with van der Waals surface area (Å²) < 4.78 is 11.4. The van der Waals surface area contributed by atoms with Gasteiger partial charge in [-0.25, -0.2) is 4.98 Å². The fourth-order valence-corrected chi connectivity index (χ4v) is 3.02. The molecule has 0 aromatic carbocycles. The van der Waals surface area contributed by atoms with E-state index in [1.165, 1.54) is 0 Å². The Bertz CT molecular complexity index is 446. The van der Waals surface area contributed by atoms with Crippen molar-refractivity contribution >= 4 is 16.6 Å². The summed E-state index contributed by atoms with van der Waals surface area (Å²) in [5.74, 6) is 2.52. The van der Waals surface area contributed by atoms with Crippen LogP contribution in [0.1, 0.15) is 26.5 Å². The second-order valence-electron chi connectivity index (χ2n) is 5.93. The van der Waals surface area contributed by atoms with Gasteiger partial charge in [0.05, 0.1) is 5.69 Å². The van der Waals surface area contributed by atoms with Gasteiger partial charge in [0.1, 0.15) is 5.82 Å². The van der Waals surface area contributed by atoms with Gasteiger partial charge in [0.15, 0.2) is 0 Å². The first-order chi connectivity index (χ1) is 8.94. The molecule has 0 atom stereocenters. The van der Waals surface area contributed by atoms with Crippen LogP contribution in [0.25, 0.3) is 0 Å². The monoisotopic (exact) mass is 281 g/mol. The van der Waals surface area contributed by atoms with E-state index in [1.54, 1.807) is 0 Å². The van der Waals surface area contributed by atoms with E-state index in [-0.39, 0.29) is 5.54 Å². The van der Waals surface area contributed by atoms with Gasteiger partial charge >= 0.3 is 0 Å². The van der Waals surface area contributed by atoms with Crippen molar-refractivity contribution in [2.45, 2.75) is 32.9 Å². The maximum absolute atomic E-state index is 11.4. The Labute approximate surface area is 118 Å². The summed E-state index contributed by atoms with van der Waals surface area (Å²) in [6.45, 7) is 8.91. The van der Waals surface area contributed by atoms with Gasteiger partial charge in [0, 0.05) is 47.5 Å². The molecule has 1 aromatic rings. The smallest absolute Gasteiger partial charge is 0.128 e. The molecule has 0 radical (unpaired) electrons. The highest BCUT2D eigenvalue weighted by Gasteiger charge is 2.16. The number of pyridine rings is 1. The largest absolute Gasteiger partial charge is 0.355 e. The number of anilines is 1. The minimum Gasteiger partial charge on any atom is -0.355 e. The maximum Gasteiger partial charge on any atom is 0.128 e. The molecule has 1 aromatic heterocycles. The molecular formula is C14H23N3OS. The highest BCUT2D eigenvalue weighted by molar-refractivity contribution is 7.85. The lowest BCUT2D eigenvalue weighted by atomic mass is 10.1. The third-order valence-electron chi connectivity index (χ3n) is 3.09. The van der Waals surface area contributed by atoms with Gasteiger partial charge < -0.3 is 10.2 Å². The summed E-state index contributed by atoms with van der Waals surface area (Å²) in [5.41, 5.74) is 1.15. The number of nitrogens with zero attached hydrogens (tertiary/aromatic N) is 2. The van der Waals surface area contributed by atoms with Crippen LogP contribution in [0.2, 0.25) is 0 Å². The Kier molecular flexibility index (Phi) is 4.58. The SMILES string of the molecule is CC(C)(C)NCc1cccc(N2CCS(=O)CC2)n1. The van der Waals surface area contributed by atoms with Crippen molar-refractivity contribution in [3.63, 3.8) is 0 Å². The zero-order chi connectivity index (χ0) is 13.9. The van der Waals surface area contributed by atoms with Gasteiger partial charge in [-0.2, -0.15) is 0 Å². The van der Waals surface area contributed by atoms with Gasteiger partial charge in [-0.1, -0.05) is 6.07 Å². The quantitative estimate of drug-likeness (QED) is 0.913. The van der Waals surface area contributed by atoms with Crippen molar-refractivity contribution in [2.75, 3.05) is 29.5 Å². The Morgan fingerprint density at radius 1 is 1.32 bits per heavy atom. The fraction of sp³-hybridized carbons (Fsp3) is 0.643. The molecule has 0 amide bonds. The van der Waals surface area contributed by atoms with E-state index in [9.17, 15) is 4.21 Å². The zero-order valence-electron chi connectivity index (χ0n) is 12.0. The number of rotatable bonds is 3. The average molecular weight is 281 g/mol. The molecule has 0 saturated carbocycles. The first-order valence-electron chi connectivity index (χ1n) is 6.75. The number of hydrogen-bond acceptors (Lipinski definition) is 4. The highest BCUT2D eigenvalue weighted by Crippen LogP contribution is 2.14. The molecule has 1 N–H and O–H groups in total. The van der Waals surface area contributed by atoms with Crippen LogP contribution in [0.3, 0.4) is 0 Å². The van der Waals surface area contributed by atoms with Crippen LogP contribution in [0.4, 0.5) is 5.82 Å². The van der Waals surface area contributed by atoms with Crippen LogP contribution in [0.5, 0.6) is 0 Å². The highest BCUT2D eigenvalue weighted by atomic mass is 32.2. The van der Waals surface area contributed by atoms with E-state index in [0.717, 1.165) is 42.7 Å². The molecule has 2 heterocycles. The molecule has 4 nitrogen and oxygen atoms in total. The van der Waals surface area contributed by atoms with Crippen LogP contribution in [0.15, 0.2) is 18.2 Å². The number of aromatic nitrogens is 1. The van der Waals surface area contributed by atoms with Gasteiger partial charge in [-0.15, -0.1) is 0 Å². The summed E-state index contributed by atoms with van der Waals surface area (Å²) in [6, 6.07) is 6.13. The summed E-state index contributed by atoms with van der Waals surface area (Å²) in [6.07, 6.45) is 0. The molecule has 1 aliphatic heterocycles. The van der Waals surface area contributed by atoms with Crippen LogP contribution >= 0.6 is 0 Å². The van der Waals surface area contributed by atoms with Crippen molar-refractivity contribution in [1.29, 1.82) is 0 Å². The normalized spacial score (nSPS) is 17.7. The molecule has 0 bridgehead atoms. The third kappa shape index (κ3) is 4.58. The fourth-order valence-electron chi connectivity index (χ4n) is 1.96. The molecule has 5 heteroatoms. The topological polar surface area (TPSA) is 45.2 Å². The Balaban J connectivity index is 2.00. The molecule has 0 unspecified atom stereocenters. The summed E-state index contributed by atoms with van der Waals surface area (Å²) in [7, 11) is -0.637. The second kappa shape index (κ2) is 6.01. The Morgan fingerprint density at radius 3 is 2.63 bits per heavy atom. The molecule has 106 valence electrons. The summed E-state index contributed by atoms with van der Waals surface area (Å²) >= 11 is 0. The predicted molar refractivity (Wildman–Crippen MR) is 80.9 cm³/mol.